The fraction of sp³-hybridized carbons (Fsp3) is 0.417. The van der Waals surface area contributed by atoms with E-state index >= 15 is 0 Å². The van der Waals surface area contributed by atoms with Crippen LogP contribution in [0.5, 0.6) is 5.75 Å². The second kappa shape index (κ2) is 6.14. The molecular weight excluding hydrogens is 283 g/mol. The highest BCUT2D eigenvalue weighted by atomic mass is 35.5. The fourth-order valence-corrected chi connectivity index (χ4v) is 1.44. The first-order valence-electron chi connectivity index (χ1n) is 5.46. The first kappa shape index (κ1) is 15.6. The molecule has 0 heterocycles. The second-order valence-electron chi connectivity index (χ2n) is 4.03. The summed E-state index contributed by atoms with van der Waals surface area (Å²) in [6.45, 7) is 1.77. The third-order valence-corrected chi connectivity index (χ3v) is 2.53. The van der Waals surface area contributed by atoms with Crippen molar-refractivity contribution >= 4 is 17.5 Å². The molecule has 1 N–H and O–H groups in total. The number of aryl methyl sites for hydroxylation is 1. The lowest BCUT2D eigenvalue weighted by Crippen LogP contribution is -2.41. The lowest BCUT2D eigenvalue weighted by atomic mass is 10.2. The standard InChI is InChI=1S/C12H13ClF3NO2/c1-7-3-4-9(13)10(5-7)19-8(2)11(18)17-6-12(14,15)16/h3-5,8H,6H2,1-2H3,(H,17,18). The first-order valence-corrected chi connectivity index (χ1v) is 5.84. The monoisotopic (exact) mass is 295 g/mol. The highest BCUT2D eigenvalue weighted by Crippen LogP contribution is 2.26. The second-order valence-corrected chi connectivity index (χ2v) is 4.43. The molecule has 106 valence electrons. The predicted octanol–water partition coefficient (Wildman–Crippen LogP) is 3.09. The van der Waals surface area contributed by atoms with Gasteiger partial charge in [0.2, 0.25) is 0 Å². The van der Waals surface area contributed by atoms with Crippen LogP contribution in [0.15, 0.2) is 18.2 Å². The summed E-state index contributed by atoms with van der Waals surface area (Å²) in [5, 5.41) is 2.04. The van der Waals surface area contributed by atoms with Crippen molar-refractivity contribution in [2.75, 3.05) is 6.54 Å². The van der Waals surface area contributed by atoms with Crippen LogP contribution in [0.1, 0.15) is 12.5 Å². The van der Waals surface area contributed by atoms with E-state index in [0.717, 1.165) is 5.56 Å². The van der Waals surface area contributed by atoms with Crippen LogP contribution in [0.2, 0.25) is 5.02 Å². The molecule has 1 unspecified atom stereocenters. The maximum Gasteiger partial charge on any atom is 0.405 e. The zero-order valence-electron chi connectivity index (χ0n) is 10.3. The maximum absolute atomic E-state index is 11.9. The molecule has 1 amide bonds. The van der Waals surface area contributed by atoms with Gasteiger partial charge in [-0.3, -0.25) is 4.79 Å². The summed E-state index contributed by atoms with van der Waals surface area (Å²) >= 11 is 5.86. The average molecular weight is 296 g/mol. The topological polar surface area (TPSA) is 38.3 Å². The smallest absolute Gasteiger partial charge is 0.405 e. The minimum atomic E-state index is -4.45. The van der Waals surface area contributed by atoms with Gasteiger partial charge < -0.3 is 10.1 Å². The van der Waals surface area contributed by atoms with Gasteiger partial charge in [-0.2, -0.15) is 13.2 Å². The molecule has 0 bridgehead atoms. The number of rotatable bonds is 4. The van der Waals surface area contributed by atoms with E-state index in [2.05, 4.69) is 0 Å². The van der Waals surface area contributed by atoms with Crippen molar-refractivity contribution in [2.45, 2.75) is 26.1 Å². The van der Waals surface area contributed by atoms with Crippen LogP contribution in [-0.4, -0.2) is 24.7 Å². The third-order valence-electron chi connectivity index (χ3n) is 2.22. The summed E-state index contributed by atoms with van der Waals surface area (Å²) in [7, 11) is 0. The predicted molar refractivity (Wildman–Crippen MR) is 65.3 cm³/mol. The number of carbonyl (C=O) groups is 1. The summed E-state index contributed by atoms with van der Waals surface area (Å²) < 4.78 is 41.1. The van der Waals surface area contributed by atoms with Crippen molar-refractivity contribution in [3.05, 3.63) is 28.8 Å². The number of hydrogen-bond acceptors (Lipinski definition) is 2. The van der Waals surface area contributed by atoms with Gasteiger partial charge in [-0.1, -0.05) is 17.7 Å². The van der Waals surface area contributed by atoms with Crippen LogP contribution in [-0.2, 0) is 4.79 Å². The lowest BCUT2D eigenvalue weighted by molar-refractivity contribution is -0.142. The molecule has 0 saturated heterocycles. The van der Waals surface area contributed by atoms with Crippen molar-refractivity contribution in [1.29, 1.82) is 0 Å². The Morgan fingerprint density at radius 1 is 1.47 bits per heavy atom. The quantitative estimate of drug-likeness (QED) is 0.927. The number of nitrogens with one attached hydrogen (secondary N) is 1. The van der Waals surface area contributed by atoms with Gasteiger partial charge in [-0.15, -0.1) is 0 Å². The van der Waals surface area contributed by atoms with Gasteiger partial charge in [0, 0.05) is 0 Å². The number of alkyl halides is 3. The molecule has 3 nitrogen and oxygen atoms in total. The van der Waals surface area contributed by atoms with Crippen molar-refractivity contribution in [1.82, 2.24) is 5.32 Å². The van der Waals surface area contributed by atoms with Gasteiger partial charge in [0.15, 0.2) is 6.10 Å². The Hall–Kier alpha value is -1.43. The summed E-state index contributed by atoms with van der Waals surface area (Å²) in [5.74, 6) is -0.591. The zero-order chi connectivity index (χ0) is 14.6. The molecule has 0 aliphatic carbocycles. The summed E-state index contributed by atoms with van der Waals surface area (Å²) in [6.07, 6.45) is -5.52. The molecule has 0 saturated carbocycles. The van der Waals surface area contributed by atoms with Gasteiger partial charge in [0.1, 0.15) is 12.3 Å². The summed E-state index contributed by atoms with van der Waals surface area (Å²) in [6, 6.07) is 4.95. The SMILES string of the molecule is Cc1ccc(Cl)c(OC(C)C(=O)NCC(F)(F)F)c1. The molecule has 19 heavy (non-hydrogen) atoms. The van der Waals surface area contributed by atoms with Crippen molar-refractivity contribution in [3.63, 3.8) is 0 Å². The zero-order valence-corrected chi connectivity index (χ0v) is 11.1. The van der Waals surface area contributed by atoms with Crippen LogP contribution >= 0.6 is 11.6 Å². The Labute approximate surface area is 113 Å². The normalized spacial score (nSPS) is 12.9. The molecule has 0 aliphatic heterocycles. The molecule has 0 aliphatic rings. The third kappa shape index (κ3) is 5.38. The molecule has 0 aromatic heterocycles. The van der Waals surface area contributed by atoms with E-state index in [1.54, 1.807) is 30.4 Å². The van der Waals surface area contributed by atoms with E-state index in [1.165, 1.54) is 6.92 Å². The Kier molecular flexibility index (Phi) is 5.05. The molecule has 0 fully saturated rings. The Morgan fingerprint density at radius 2 is 2.11 bits per heavy atom. The lowest BCUT2D eigenvalue weighted by Gasteiger charge is -2.16. The molecule has 1 atom stereocenters. The number of carbonyl (C=O) groups excluding carboxylic acids is 1. The Morgan fingerprint density at radius 3 is 2.68 bits per heavy atom. The Bertz CT molecular complexity index is 463. The fourth-order valence-electron chi connectivity index (χ4n) is 1.28. The number of halogens is 4. The average Bonchev–Trinajstić information content (AvgIpc) is 2.29. The van der Waals surface area contributed by atoms with E-state index in [9.17, 15) is 18.0 Å². The van der Waals surface area contributed by atoms with E-state index in [0.29, 0.717) is 5.02 Å². The summed E-state index contributed by atoms with van der Waals surface area (Å²) in [4.78, 5) is 11.4. The largest absolute Gasteiger partial charge is 0.479 e. The van der Waals surface area contributed by atoms with Crippen LogP contribution in [0.4, 0.5) is 13.2 Å². The highest BCUT2D eigenvalue weighted by molar-refractivity contribution is 6.32. The molecule has 1 aromatic carbocycles. The molecular formula is C12H13ClF3NO2. The first-order chi connectivity index (χ1) is 8.69. The van der Waals surface area contributed by atoms with Gasteiger partial charge in [0.25, 0.3) is 5.91 Å². The molecule has 0 spiro atoms. The molecule has 0 radical (unpaired) electrons. The minimum Gasteiger partial charge on any atom is -0.479 e. The van der Waals surface area contributed by atoms with E-state index in [4.69, 9.17) is 16.3 Å². The van der Waals surface area contributed by atoms with Crippen LogP contribution in [0, 0.1) is 6.92 Å². The van der Waals surface area contributed by atoms with Crippen molar-refractivity contribution < 1.29 is 22.7 Å². The van der Waals surface area contributed by atoms with Crippen molar-refractivity contribution in [3.8, 4) is 5.75 Å². The van der Waals surface area contributed by atoms with E-state index < -0.39 is 24.7 Å². The molecule has 1 rings (SSSR count). The minimum absolute atomic E-state index is 0.260. The van der Waals surface area contributed by atoms with Crippen LogP contribution in [0.3, 0.4) is 0 Å². The van der Waals surface area contributed by atoms with Gasteiger partial charge in [0.05, 0.1) is 5.02 Å². The number of benzene rings is 1. The maximum atomic E-state index is 11.9. The van der Waals surface area contributed by atoms with Crippen LogP contribution in [0.25, 0.3) is 0 Å². The number of hydrogen-bond donors (Lipinski definition) is 1. The van der Waals surface area contributed by atoms with Crippen molar-refractivity contribution in [2.24, 2.45) is 0 Å². The molecule has 7 heteroatoms. The van der Waals surface area contributed by atoms with Crippen LogP contribution < -0.4 is 10.1 Å². The van der Waals surface area contributed by atoms with Gasteiger partial charge in [-0.05, 0) is 31.5 Å². The highest BCUT2D eigenvalue weighted by Gasteiger charge is 2.29. The van der Waals surface area contributed by atoms with Gasteiger partial charge in [-0.25, -0.2) is 0 Å². The van der Waals surface area contributed by atoms with Gasteiger partial charge >= 0.3 is 6.18 Å². The Balaban J connectivity index is 2.61. The number of amides is 1. The summed E-state index contributed by atoms with van der Waals surface area (Å²) in [5.41, 5.74) is 0.863. The van der Waals surface area contributed by atoms with E-state index in [1.807, 2.05) is 0 Å². The molecule has 1 aromatic rings. The van der Waals surface area contributed by atoms with E-state index in [-0.39, 0.29) is 5.75 Å². The number of ether oxygens (including phenoxy) is 1.